The van der Waals surface area contributed by atoms with Crippen LogP contribution in [-0.4, -0.2) is 48.3 Å². The minimum atomic E-state index is -0.626. The van der Waals surface area contributed by atoms with Crippen molar-refractivity contribution in [3.63, 3.8) is 0 Å². The third kappa shape index (κ3) is 4.73. The van der Waals surface area contributed by atoms with E-state index in [9.17, 15) is 14.4 Å². The predicted molar refractivity (Wildman–Crippen MR) is 68.8 cm³/mol. The highest BCUT2D eigenvalue weighted by Crippen LogP contribution is 2.00. The van der Waals surface area contributed by atoms with Crippen LogP contribution in [0.4, 0.5) is 0 Å². The van der Waals surface area contributed by atoms with Gasteiger partial charge in [-0.3, -0.25) is 14.4 Å². The summed E-state index contributed by atoms with van der Waals surface area (Å²) in [5, 5.41) is 5.23. The summed E-state index contributed by atoms with van der Waals surface area (Å²) in [5.74, 6) is -0.673. The third-order valence-corrected chi connectivity index (χ3v) is 2.73. The Morgan fingerprint density at radius 2 is 1.72 bits per heavy atom. The van der Waals surface area contributed by atoms with E-state index in [0.717, 1.165) is 0 Å². The molecule has 0 radical (unpaired) electrons. The predicted octanol–water partition coefficient (Wildman–Crippen LogP) is -0.116. The molecule has 6 heteroatoms. The van der Waals surface area contributed by atoms with Crippen molar-refractivity contribution in [2.75, 3.05) is 13.6 Å². The summed E-state index contributed by atoms with van der Waals surface area (Å²) in [6.07, 6.45) is 0.327. The molecule has 0 unspecified atom stereocenters. The molecule has 2 N–H and O–H groups in total. The van der Waals surface area contributed by atoms with Crippen molar-refractivity contribution in [2.45, 2.75) is 46.2 Å². The van der Waals surface area contributed by atoms with Gasteiger partial charge in [0.05, 0.1) is 0 Å². The average molecular weight is 257 g/mol. The molecule has 0 fully saturated rings. The molecule has 0 aliphatic heterocycles. The van der Waals surface area contributed by atoms with Gasteiger partial charge in [-0.15, -0.1) is 0 Å². The van der Waals surface area contributed by atoms with Gasteiger partial charge in [-0.2, -0.15) is 0 Å². The minimum absolute atomic E-state index is 0.185. The fourth-order valence-electron chi connectivity index (χ4n) is 1.40. The maximum atomic E-state index is 12.0. The van der Waals surface area contributed by atoms with Crippen LogP contribution in [0.25, 0.3) is 0 Å². The van der Waals surface area contributed by atoms with Crippen molar-refractivity contribution < 1.29 is 14.4 Å². The average Bonchev–Trinajstić information content (AvgIpc) is 2.35. The lowest BCUT2D eigenvalue weighted by atomic mass is 10.2. The van der Waals surface area contributed by atoms with E-state index in [1.807, 2.05) is 6.92 Å². The summed E-state index contributed by atoms with van der Waals surface area (Å²) in [5.41, 5.74) is 0. The molecule has 0 saturated carbocycles. The standard InChI is InChI=1S/C12H23N3O3/c1-6-10(16)14-8(3)12(18)15(5)9(4)11(17)13-7-2/h8-9H,6-7H2,1-5H3,(H,13,17)(H,14,16)/t8-,9-/m0/s1. The molecular weight excluding hydrogens is 234 g/mol. The number of carbonyl (C=O) groups excluding carboxylic acids is 3. The van der Waals surface area contributed by atoms with Crippen LogP contribution in [0, 0.1) is 0 Å². The first-order valence-electron chi connectivity index (χ1n) is 6.18. The number of hydrogen-bond acceptors (Lipinski definition) is 3. The normalized spacial score (nSPS) is 13.4. The zero-order chi connectivity index (χ0) is 14.3. The fraction of sp³-hybridized carbons (Fsp3) is 0.750. The highest BCUT2D eigenvalue weighted by Gasteiger charge is 2.26. The lowest BCUT2D eigenvalue weighted by Crippen LogP contribution is -2.52. The van der Waals surface area contributed by atoms with Gasteiger partial charge in [0.15, 0.2) is 0 Å². The van der Waals surface area contributed by atoms with Crippen LogP contribution in [0.2, 0.25) is 0 Å². The van der Waals surface area contributed by atoms with Crippen LogP contribution in [0.1, 0.15) is 34.1 Å². The van der Waals surface area contributed by atoms with Crippen molar-refractivity contribution in [3.8, 4) is 0 Å². The van der Waals surface area contributed by atoms with Gasteiger partial charge in [0.2, 0.25) is 17.7 Å². The van der Waals surface area contributed by atoms with Gasteiger partial charge in [0, 0.05) is 20.0 Å². The summed E-state index contributed by atoms with van der Waals surface area (Å²) >= 11 is 0. The molecule has 0 spiro atoms. The van der Waals surface area contributed by atoms with Crippen LogP contribution in [0.15, 0.2) is 0 Å². The Labute approximate surface area is 108 Å². The van der Waals surface area contributed by atoms with Gasteiger partial charge in [-0.05, 0) is 20.8 Å². The Kier molecular flexibility index (Phi) is 7.00. The van der Waals surface area contributed by atoms with E-state index >= 15 is 0 Å². The fourth-order valence-corrected chi connectivity index (χ4v) is 1.40. The molecule has 0 aliphatic rings. The molecular formula is C12H23N3O3. The van der Waals surface area contributed by atoms with E-state index in [1.165, 1.54) is 4.90 Å². The molecule has 104 valence electrons. The number of nitrogens with zero attached hydrogens (tertiary/aromatic N) is 1. The molecule has 3 amide bonds. The van der Waals surface area contributed by atoms with Crippen molar-refractivity contribution in [2.24, 2.45) is 0 Å². The second-order valence-electron chi connectivity index (χ2n) is 4.16. The van der Waals surface area contributed by atoms with Crippen LogP contribution >= 0.6 is 0 Å². The van der Waals surface area contributed by atoms with Gasteiger partial charge in [0.1, 0.15) is 12.1 Å². The Bertz CT molecular complexity index is 318. The van der Waals surface area contributed by atoms with E-state index in [0.29, 0.717) is 13.0 Å². The third-order valence-electron chi connectivity index (χ3n) is 2.73. The van der Waals surface area contributed by atoms with Crippen LogP contribution in [0.3, 0.4) is 0 Å². The number of carbonyl (C=O) groups is 3. The Morgan fingerprint density at radius 1 is 1.17 bits per heavy atom. The Balaban J connectivity index is 4.48. The monoisotopic (exact) mass is 257 g/mol. The molecule has 0 aliphatic carbocycles. The first kappa shape index (κ1) is 16.4. The van der Waals surface area contributed by atoms with Gasteiger partial charge < -0.3 is 15.5 Å². The molecule has 2 atom stereocenters. The van der Waals surface area contributed by atoms with E-state index in [1.54, 1.807) is 27.8 Å². The van der Waals surface area contributed by atoms with E-state index in [4.69, 9.17) is 0 Å². The number of hydrogen-bond donors (Lipinski definition) is 2. The van der Waals surface area contributed by atoms with Gasteiger partial charge in [0.25, 0.3) is 0 Å². The lowest BCUT2D eigenvalue weighted by molar-refractivity contribution is -0.140. The molecule has 18 heavy (non-hydrogen) atoms. The molecule has 0 rings (SSSR count). The number of amides is 3. The topological polar surface area (TPSA) is 78.5 Å². The quantitative estimate of drug-likeness (QED) is 0.696. The van der Waals surface area contributed by atoms with E-state index < -0.39 is 12.1 Å². The minimum Gasteiger partial charge on any atom is -0.355 e. The summed E-state index contributed by atoms with van der Waals surface area (Å²) in [6, 6.07) is -1.18. The van der Waals surface area contributed by atoms with Crippen molar-refractivity contribution >= 4 is 17.7 Å². The molecule has 0 aromatic carbocycles. The molecule has 0 aromatic heterocycles. The summed E-state index contributed by atoms with van der Waals surface area (Å²) < 4.78 is 0. The zero-order valence-corrected chi connectivity index (χ0v) is 11.7. The van der Waals surface area contributed by atoms with Gasteiger partial charge in [-0.25, -0.2) is 0 Å². The van der Waals surface area contributed by atoms with E-state index in [-0.39, 0.29) is 17.7 Å². The van der Waals surface area contributed by atoms with E-state index in [2.05, 4.69) is 10.6 Å². The summed E-state index contributed by atoms with van der Waals surface area (Å²) in [4.78, 5) is 36.1. The van der Waals surface area contributed by atoms with Crippen LogP contribution < -0.4 is 10.6 Å². The largest absolute Gasteiger partial charge is 0.355 e. The zero-order valence-electron chi connectivity index (χ0n) is 11.7. The summed E-state index contributed by atoms with van der Waals surface area (Å²) in [7, 11) is 1.55. The highest BCUT2D eigenvalue weighted by molar-refractivity contribution is 5.91. The number of rotatable bonds is 6. The molecule has 0 heterocycles. The van der Waals surface area contributed by atoms with Gasteiger partial charge in [-0.1, -0.05) is 6.92 Å². The molecule has 6 nitrogen and oxygen atoms in total. The maximum Gasteiger partial charge on any atom is 0.245 e. The number of nitrogens with one attached hydrogen (secondary N) is 2. The molecule has 0 bridgehead atoms. The maximum absolute atomic E-state index is 12.0. The number of likely N-dealkylation sites (N-methyl/N-ethyl adjacent to an activating group) is 2. The first-order chi connectivity index (χ1) is 8.34. The Morgan fingerprint density at radius 3 is 2.17 bits per heavy atom. The lowest BCUT2D eigenvalue weighted by Gasteiger charge is -2.27. The SMILES string of the molecule is CCNC(=O)[C@H](C)N(C)C(=O)[C@H](C)NC(=O)CC. The van der Waals surface area contributed by atoms with Crippen molar-refractivity contribution in [1.29, 1.82) is 0 Å². The second kappa shape index (κ2) is 7.68. The van der Waals surface area contributed by atoms with Crippen molar-refractivity contribution in [1.82, 2.24) is 15.5 Å². The molecule has 0 saturated heterocycles. The smallest absolute Gasteiger partial charge is 0.245 e. The van der Waals surface area contributed by atoms with Crippen LogP contribution in [-0.2, 0) is 14.4 Å². The van der Waals surface area contributed by atoms with Gasteiger partial charge >= 0.3 is 0 Å². The van der Waals surface area contributed by atoms with Crippen LogP contribution in [0.5, 0.6) is 0 Å². The van der Waals surface area contributed by atoms with Crippen molar-refractivity contribution in [3.05, 3.63) is 0 Å². The first-order valence-corrected chi connectivity index (χ1v) is 6.18. The second-order valence-corrected chi connectivity index (χ2v) is 4.16. The molecule has 0 aromatic rings. The Hall–Kier alpha value is -1.59. The summed E-state index contributed by atoms with van der Waals surface area (Å²) in [6.45, 7) is 7.31. The highest BCUT2D eigenvalue weighted by atomic mass is 16.2.